The van der Waals surface area contributed by atoms with Crippen molar-refractivity contribution < 1.29 is 80.2 Å². The quantitative estimate of drug-likeness (QED) is 0.0169. The van der Waals surface area contributed by atoms with E-state index in [1.165, 1.54) is 96.3 Å². The van der Waals surface area contributed by atoms with Crippen LogP contribution in [0.15, 0.2) is 72.9 Å². The van der Waals surface area contributed by atoms with Crippen LogP contribution in [0.1, 0.15) is 323 Å². The molecule has 0 aliphatic rings. The smallest absolute Gasteiger partial charge is 0.462 e. The van der Waals surface area contributed by atoms with E-state index in [9.17, 15) is 43.2 Å². The molecular weight excluding hydrogens is 1230 g/mol. The van der Waals surface area contributed by atoms with Crippen molar-refractivity contribution in [2.24, 2.45) is 0 Å². The summed E-state index contributed by atoms with van der Waals surface area (Å²) in [5.41, 5.74) is 0. The fourth-order valence-electron chi connectivity index (χ4n) is 9.95. The van der Waals surface area contributed by atoms with Gasteiger partial charge in [-0.1, -0.05) is 261 Å². The number of esters is 4. The summed E-state index contributed by atoms with van der Waals surface area (Å²) < 4.78 is 68.3. The summed E-state index contributed by atoms with van der Waals surface area (Å²) in [6.45, 7) is 4.68. The van der Waals surface area contributed by atoms with Gasteiger partial charge in [-0.15, -0.1) is 0 Å². The largest absolute Gasteiger partial charge is 0.472 e. The Morgan fingerprint density at radius 1 is 0.309 bits per heavy atom. The van der Waals surface area contributed by atoms with E-state index in [0.717, 1.165) is 148 Å². The van der Waals surface area contributed by atoms with E-state index in [0.29, 0.717) is 25.7 Å². The Labute approximate surface area is 571 Å². The molecule has 0 fully saturated rings. The van der Waals surface area contributed by atoms with Crippen LogP contribution in [0.5, 0.6) is 0 Å². The van der Waals surface area contributed by atoms with Gasteiger partial charge in [0.1, 0.15) is 19.3 Å². The second-order valence-electron chi connectivity index (χ2n) is 24.9. The van der Waals surface area contributed by atoms with E-state index in [4.69, 9.17) is 37.0 Å². The molecule has 0 saturated heterocycles. The predicted octanol–water partition coefficient (Wildman–Crippen LogP) is 20.9. The molecule has 0 aliphatic heterocycles. The van der Waals surface area contributed by atoms with Gasteiger partial charge >= 0.3 is 39.5 Å². The minimum absolute atomic E-state index is 0.0811. The van der Waals surface area contributed by atoms with Gasteiger partial charge in [0, 0.05) is 25.7 Å². The first-order valence-corrected chi connectivity index (χ1v) is 40.2. The highest BCUT2D eigenvalue weighted by atomic mass is 31.2. The number of aliphatic hydroxyl groups excluding tert-OH is 1. The van der Waals surface area contributed by atoms with E-state index in [1.807, 2.05) is 0 Å². The Morgan fingerprint density at radius 3 is 0.904 bits per heavy atom. The molecule has 0 spiro atoms. The number of phosphoric ester groups is 2. The van der Waals surface area contributed by atoms with E-state index in [-0.39, 0.29) is 25.7 Å². The molecule has 0 aromatic heterocycles. The van der Waals surface area contributed by atoms with Crippen LogP contribution in [0.4, 0.5) is 0 Å². The van der Waals surface area contributed by atoms with E-state index in [2.05, 4.69) is 101 Å². The minimum Gasteiger partial charge on any atom is -0.462 e. The number of phosphoric acid groups is 2. The Morgan fingerprint density at radius 2 is 0.564 bits per heavy atom. The van der Waals surface area contributed by atoms with Gasteiger partial charge in [-0.3, -0.25) is 37.3 Å². The summed E-state index contributed by atoms with van der Waals surface area (Å²) in [5, 5.41) is 10.6. The van der Waals surface area contributed by atoms with Crippen LogP contribution in [0.2, 0.25) is 0 Å². The number of rotatable bonds is 70. The van der Waals surface area contributed by atoms with Gasteiger partial charge in [-0.05, 0) is 109 Å². The zero-order valence-electron chi connectivity index (χ0n) is 59.4. The summed E-state index contributed by atoms with van der Waals surface area (Å²) in [7, 11) is -9.94. The summed E-state index contributed by atoms with van der Waals surface area (Å²) in [5.74, 6) is -2.20. The molecule has 0 aromatic carbocycles. The van der Waals surface area contributed by atoms with Crippen LogP contribution < -0.4 is 0 Å². The van der Waals surface area contributed by atoms with Crippen molar-refractivity contribution in [2.75, 3.05) is 39.6 Å². The number of ether oxygens (including phenoxy) is 4. The average molecular weight is 1370 g/mol. The van der Waals surface area contributed by atoms with Crippen LogP contribution in [0.25, 0.3) is 0 Å². The molecule has 0 aromatic rings. The molecule has 0 radical (unpaired) electrons. The number of hydrogen-bond acceptors (Lipinski definition) is 15. The molecule has 5 atom stereocenters. The van der Waals surface area contributed by atoms with Crippen LogP contribution in [0, 0.1) is 0 Å². The lowest BCUT2D eigenvalue weighted by atomic mass is 10.0. The maximum atomic E-state index is 13.0. The molecule has 546 valence electrons. The zero-order valence-corrected chi connectivity index (χ0v) is 61.2. The van der Waals surface area contributed by atoms with Crippen molar-refractivity contribution in [3.05, 3.63) is 72.9 Å². The third-order valence-corrected chi connectivity index (χ3v) is 17.6. The molecule has 19 heteroatoms. The van der Waals surface area contributed by atoms with E-state index in [1.54, 1.807) is 0 Å². The SMILES string of the molecule is CC/C=C\C/C=C\C/C=C\C/C=C\CCCCCCC(=O)OCC(COP(=O)(O)OCC(O)COP(=O)(O)OCC(COC(=O)CCCCCCCCCCCCCCC)OC(=O)CCCCCCC/C=C\CCCC)OC(=O)CCCCCCC/C=C\CCCCCC. The lowest BCUT2D eigenvalue weighted by Gasteiger charge is -2.21. The molecule has 3 N–H and O–H groups in total. The summed E-state index contributed by atoms with van der Waals surface area (Å²) >= 11 is 0. The Bertz CT molecular complexity index is 2070. The fraction of sp³-hybridized carbons (Fsp3) is 0.787. The van der Waals surface area contributed by atoms with Crippen molar-refractivity contribution in [1.29, 1.82) is 0 Å². The molecule has 0 aliphatic carbocycles. The number of allylic oxidation sites excluding steroid dienone is 12. The molecule has 17 nitrogen and oxygen atoms in total. The maximum absolute atomic E-state index is 13.0. The number of aliphatic hydroxyl groups is 1. The third kappa shape index (κ3) is 67.1. The number of carbonyl (C=O) groups is 4. The van der Waals surface area contributed by atoms with E-state index >= 15 is 0 Å². The third-order valence-electron chi connectivity index (χ3n) is 15.7. The molecule has 0 amide bonds. The van der Waals surface area contributed by atoms with Crippen molar-refractivity contribution in [3.63, 3.8) is 0 Å². The molecule has 94 heavy (non-hydrogen) atoms. The molecule has 0 saturated carbocycles. The Kier molecular flexibility index (Phi) is 65.5. The lowest BCUT2D eigenvalue weighted by Crippen LogP contribution is -2.30. The van der Waals surface area contributed by atoms with Gasteiger partial charge in [0.05, 0.1) is 26.4 Å². The van der Waals surface area contributed by atoms with Crippen molar-refractivity contribution >= 4 is 39.5 Å². The predicted molar refractivity (Wildman–Crippen MR) is 381 cm³/mol. The first-order valence-electron chi connectivity index (χ1n) is 37.2. The molecule has 0 bridgehead atoms. The van der Waals surface area contributed by atoms with Gasteiger partial charge in [0.15, 0.2) is 12.2 Å². The van der Waals surface area contributed by atoms with Crippen molar-refractivity contribution in [1.82, 2.24) is 0 Å². The van der Waals surface area contributed by atoms with Gasteiger partial charge < -0.3 is 33.8 Å². The molecular formula is C75H134O17P2. The molecule has 0 heterocycles. The average Bonchev–Trinajstić information content (AvgIpc) is 2.15. The molecule has 5 unspecified atom stereocenters. The van der Waals surface area contributed by atoms with Crippen LogP contribution in [-0.4, -0.2) is 96.7 Å². The van der Waals surface area contributed by atoms with Crippen molar-refractivity contribution in [2.45, 2.75) is 341 Å². The summed E-state index contributed by atoms with van der Waals surface area (Å²) in [6, 6.07) is 0. The monoisotopic (exact) mass is 1370 g/mol. The van der Waals surface area contributed by atoms with E-state index < -0.39 is 97.5 Å². The topological polar surface area (TPSA) is 237 Å². The highest BCUT2D eigenvalue weighted by Gasteiger charge is 2.30. The van der Waals surface area contributed by atoms with Gasteiger partial charge in [0.2, 0.25) is 0 Å². The van der Waals surface area contributed by atoms with Crippen LogP contribution in [0.3, 0.4) is 0 Å². The van der Waals surface area contributed by atoms with Gasteiger partial charge in [-0.25, -0.2) is 9.13 Å². The molecule has 0 rings (SSSR count). The standard InChI is InChI=1S/C75H134O17P2/c1-5-9-13-17-21-25-29-32-33-34-35-38-41-44-48-52-56-60-73(78)86-66-71(92-75(80)62-58-54-50-46-42-37-31-27-23-19-15-11-7-3)68-90-94(83,84)88-64-69(76)63-87-93(81,82)89-67-70(91-74(79)61-57-53-49-45-39-28-24-20-16-12-8-4)65-85-72(77)59-55-51-47-43-40-36-30-26-22-18-14-10-6-2/h9,13,20-21,24-25,27,31-33,35,38,69-71,76H,5-8,10-12,14-19,22-23,26,28-30,34,36-37,39-68H2,1-4H3,(H,81,82)(H,83,84)/b13-9-,24-20-,25-21-,31-27-,33-32-,38-35-. The van der Waals surface area contributed by atoms with Crippen LogP contribution >= 0.6 is 15.6 Å². The number of unbranched alkanes of at least 4 members (excludes halogenated alkanes) is 32. The number of carbonyl (C=O) groups excluding carboxylic acids is 4. The Hall–Kier alpha value is -3.50. The van der Waals surface area contributed by atoms with Gasteiger partial charge in [0.25, 0.3) is 0 Å². The van der Waals surface area contributed by atoms with Gasteiger partial charge in [-0.2, -0.15) is 0 Å². The number of hydrogen-bond donors (Lipinski definition) is 3. The van der Waals surface area contributed by atoms with Crippen molar-refractivity contribution in [3.8, 4) is 0 Å². The second kappa shape index (κ2) is 68.0. The first-order chi connectivity index (χ1) is 45.7. The first kappa shape index (κ1) is 90.5. The zero-order chi connectivity index (χ0) is 69.0. The fourth-order valence-corrected chi connectivity index (χ4v) is 11.5. The second-order valence-corrected chi connectivity index (χ2v) is 27.8. The Balaban J connectivity index is 5.32. The maximum Gasteiger partial charge on any atom is 0.472 e. The highest BCUT2D eigenvalue weighted by molar-refractivity contribution is 7.47. The highest BCUT2D eigenvalue weighted by Crippen LogP contribution is 2.45. The van der Waals surface area contributed by atoms with Crippen LogP contribution in [-0.2, 0) is 65.4 Å². The normalized spacial score (nSPS) is 14.4. The summed E-state index contributed by atoms with van der Waals surface area (Å²) in [4.78, 5) is 72.7. The minimum atomic E-state index is -4.97. The summed E-state index contributed by atoms with van der Waals surface area (Å²) in [6.07, 6.45) is 66.2. The lowest BCUT2D eigenvalue weighted by molar-refractivity contribution is -0.161.